The molecular formula is C65H55N5. The first-order valence-corrected chi connectivity index (χ1v) is 25.1. The van der Waals surface area contributed by atoms with E-state index in [-0.39, 0.29) is 18.0 Å². The van der Waals surface area contributed by atoms with Gasteiger partial charge in [0.1, 0.15) is 11.9 Å². The minimum atomic E-state index is -0.130. The van der Waals surface area contributed by atoms with Gasteiger partial charge in [0.25, 0.3) is 0 Å². The quantitative estimate of drug-likeness (QED) is 0.147. The third-order valence-electron chi connectivity index (χ3n) is 15.2. The van der Waals surface area contributed by atoms with Gasteiger partial charge in [-0.25, -0.2) is 0 Å². The fraction of sp³-hybridized carbons (Fsp3) is 0.154. The summed E-state index contributed by atoms with van der Waals surface area (Å²) in [6, 6.07) is 52.0. The van der Waals surface area contributed by atoms with Crippen molar-refractivity contribution in [2.24, 2.45) is 4.99 Å². The van der Waals surface area contributed by atoms with Crippen molar-refractivity contribution in [3.63, 3.8) is 0 Å². The number of fused-ring (bicyclic) bond motifs is 9. The molecular weight excluding hydrogens is 851 g/mol. The first kappa shape index (κ1) is 42.0. The van der Waals surface area contributed by atoms with Crippen molar-refractivity contribution in [2.75, 3.05) is 4.90 Å². The van der Waals surface area contributed by atoms with E-state index in [1.807, 2.05) is 0 Å². The van der Waals surface area contributed by atoms with Crippen LogP contribution >= 0.6 is 0 Å². The van der Waals surface area contributed by atoms with Gasteiger partial charge in [-0.1, -0.05) is 146 Å². The standard InChI is InChI=1S/C65H55N5/c1-3-4-5-12-29-57-43(2)64(44-21-8-6-9-22-44)67-65(66-57)47-38-49(69-58-30-17-13-25-51(58)52-26-14-18-31-59(52)69)42-50(39-47)70-61-33-20-16-28-54(61)56-41-46(35-37-63(56)70)45-34-36-62-55(40-45)53-27-15-19-32-60(53)68(62)48-23-10-7-11-24-48/h3-4,6,8-10,12-34,36,38-42,51,58,64H,5,7,11,35,37H2,1-2H3,(H,66,67)/b4-3?,29-12+. The Kier molecular flexibility index (Phi) is 10.5. The fourth-order valence-electron chi connectivity index (χ4n) is 11.9. The van der Waals surface area contributed by atoms with E-state index in [9.17, 15) is 0 Å². The van der Waals surface area contributed by atoms with Gasteiger partial charge in [-0.3, -0.25) is 4.99 Å². The van der Waals surface area contributed by atoms with Gasteiger partial charge >= 0.3 is 0 Å². The molecule has 3 atom stereocenters. The molecule has 0 radical (unpaired) electrons. The van der Waals surface area contributed by atoms with Gasteiger partial charge in [0, 0.05) is 67.4 Å². The third-order valence-corrected chi connectivity index (χ3v) is 15.2. The summed E-state index contributed by atoms with van der Waals surface area (Å²) in [4.78, 5) is 8.17. The van der Waals surface area contributed by atoms with E-state index in [0.717, 1.165) is 60.6 Å². The Labute approximate surface area is 410 Å². The molecule has 0 bridgehead atoms. The molecule has 8 aromatic rings. The first-order chi connectivity index (χ1) is 34.6. The number of benzene rings is 6. The lowest BCUT2D eigenvalue weighted by atomic mass is 9.90. The summed E-state index contributed by atoms with van der Waals surface area (Å²) in [5, 5.41) is 7.75. The predicted molar refractivity (Wildman–Crippen MR) is 295 cm³/mol. The molecule has 3 aliphatic carbocycles. The normalized spacial score (nSPS) is 19.5. The Bertz CT molecular complexity index is 3700. The lowest BCUT2D eigenvalue weighted by Crippen LogP contribution is -2.31. The van der Waals surface area contributed by atoms with Gasteiger partial charge in [0.05, 0.1) is 22.6 Å². The Morgan fingerprint density at radius 1 is 0.686 bits per heavy atom. The molecule has 4 heterocycles. The highest BCUT2D eigenvalue weighted by Crippen LogP contribution is 2.49. The second-order valence-electron chi connectivity index (χ2n) is 19.2. The summed E-state index contributed by atoms with van der Waals surface area (Å²) in [5.74, 6) is 1.14. The molecule has 0 fully saturated rings. The number of aromatic nitrogens is 2. The summed E-state index contributed by atoms with van der Waals surface area (Å²) >= 11 is 0. The molecule has 1 N–H and O–H groups in total. The van der Waals surface area contributed by atoms with E-state index < -0.39 is 0 Å². The molecule has 13 rings (SSSR count). The van der Waals surface area contributed by atoms with Crippen LogP contribution in [0.5, 0.6) is 0 Å². The second kappa shape index (κ2) is 17.4. The van der Waals surface area contributed by atoms with Gasteiger partial charge in [-0.15, -0.1) is 0 Å². The Hall–Kier alpha value is -8.15. The van der Waals surface area contributed by atoms with Gasteiger partial charge in [-0.2, -0.15) is 0 Å². The number of hydrogen-bond donors (Lipinski definition) is 1. The number of para-hydroxylation sites is 3. The summed E-state index contributed by atoms with van der Waals surface area (Å²) < 4.78 is 5.01. The van der Waals surface area contributed by atoms with E-state index in [1.54, 1.807) is 0 Å². The smallest absolute Gasteiger partial charge is 0.133 e. The summed E-state index contributed by atoms with van der Waals surface area (Å²) in [7, 11) is 0. The zero-order valence-electron chi connectivity index (χ0n) is 39.8. The first-order valence-electron chi connectivity index (χ1n) is 25.1. The highest BCUT2D eigenvalue weighted by Gasteiger charge is 2.38. The predicted octanol–water partition coefficient (Wildman–Crippen LogP) is 16.0. The van der Waals surface area contributed by atoms with Crippen LogP contribution in [0, 0.1) is 0 Å². The van der Waals surface area contributed by atoms with Gasteiger partial charge < -0.3 is 19.4 Å². The van der Waals surface area contributed by atoms with Crippen LogP contribution in [0.1, 0.15) is 85.0 Å². The molecule has 2 aliphatic heterocycles. The van der Waals surface area contributed by atoms with Gasteiger partial charge in [0.15, 0.2) is 0 Å². The average Bonchev–Trinajstić information content (AvgIpc) is 4.06. The fourth-order valence-corrected chi connectivity index (χ4v) is 11.9. The summed E-state index contributed by atoms with van der Waals surface area (Å²) in [6.07, 6.45) is 32.3. The van der Waals surface area contributed by atoms with E-state index in [1.165, 1.54) is 83.2 Å². The largest absolute Gasteiger partial charge is 0.340 e. The maximum Gasteiger partial charge on any atom is 0.133 e. The van der Waals surface area contributed by atoms with Crippen molar-refractivity contribution in [1.82, 2.24) is 14.5 Å². The molecule has 5 nitrogen and oxygen atoms in total. The molecule has 70 heavy (non-hydrogen) atoms. The Balaban J connectivity index is 0.981. The molecule has 0 amide bonds. The van der Waals surface area contributed by atoms with Crippen molar-refractivity contribution >= 4 is 67.3 Å². The number of hydrogen-bond acceptors (Lipinski definition) is 3. The van der Waals surface area contributed by atoms with E-state index in [2.05, 4.69) is 246 Å². The number of allylic oxidation sites excluding steroid dienone is 11. The van der Waals surface area contributed by atoms with Crippen molar-refractivity contribution in [1.29, 1.82) is 0 Å². The molecule has 6 aromatic carbocycles. The number of nitrogens with zero attached hydrogens (tertiary/aromatic N) is 4. The zero-order valence-corrected chi connectivity index (χ0v) is 39.8. The van der Waals surface area contributed by atoms with Crippen molar-refractivity contribution < 1.29 is 0 Å². The molecule has 0 saturated carbocycles. The molecule has 340 valence electrons. The number of nitrogens with one attached hydrogen (secondary N) is 1. The lowest BCUT2D eigenvalue weighted by Gasteiger charge is -2.31. The number of amidine groups is 1. The minimum absolute atomic E-state index is 0.130. The number of anilines is 2. The van der Waals surface area contributed by atoms with Crippen molar-refractivity contribution in [3.05, 3.63) is 251 Å². The van der Waals surface area contributed by atoms with Crippen LogP contribution in [0.15, 0.2) is 223 Å². The van der Waals surface area contributed by atoms with E-state index >= 15 is 0 Å². The molecule has 5 aliphatic rings. The van der Waals surface area contributed by atoms with Crippen LogP contribution in [-0.4, -0.2) is 21.0 Å². The maximum atomic E-state index is 5.61. The molecule has 5 heteroatoms. The van der Waals surface area contributed by atoms with E-state index in [4.69, 9.17) is 4.99 Å². The number of rotatable bonds is 9. The Morgan fingerprint density at radius 3 is 2.31 bits per heavy atom. The van der Waals surface area contributed by atoms with Crippen LogP contribution < -0.4 is 10.2 Å². The highest BCUT2D eigenvalue weighted by molar-refractivity contribution is 6.12. The molecule has 0 spiro atoms. The maximum absolute atomic E-state index is 5.61. The van der Waals surface area contributed by atoms with Crippen LogP contribution in [0.4, 0.5) is 11.4 Å². The van der Waals surface area contributed by atoms with Crippen LogP contribution in [0.2, 0.25) is 0 Å². The van der Waals surface area contributed by atoms with Crippen LogP contribution in [0.25, 0.3) is 55.7 Å². The Morgan fingerprint density at radius 2 is 1.46 bits per heavy atom. The molecule has 2 aromatic heterocycles. The van der Waals surface area contributed by atoms with E-state index in [0.29, 0.717) is 0 Å². The van der Waals surface area contributed by atoms with Crippen molar-refractivity contribution in [2.45, 2.75) is 64.0 Å². The summed E-state index contributed by atoms with van der Waals surface area (Å²) in [5.41, 5.74) is 19.7. The SMILES string of the molecule is CC=CC/C=C/C1=C(C)C(c2ccccc2)N=C(c2cc(N3c4ccccc4C4C=CC=CC43)cc(-n3c4c(c5ccccc53)C=C(c3ccc5c(c3)c3ccccc3n5C3=CCCC=C3)CC4)c2)N1. The topological polar surface area (TPSA) is 37.5 Å². The van der Waals surface area contributed by atoms with Gasteiger partial charge in [-0.05, 0) is 141 Å². The third kappa shape index (κ3) is 7.02. The van der Waals surface area contributed by atoms with Crippen LogP contribution in [-0.2, 0) is 6.42 Å². The van der Waals surface area contributed by atoms with Gasteiger partial charge in [0.2, 0.25) is 0 Å². The minimum Gasteiger partial charge on any atom is -0.340 e. The number of aliphatic imine (C=N–C) groups is 1. The molecule has 3 unspecified atom stereocenters. The second-order valence-corrected chi connectivity index (χ2v) is 19.2. The molecule has 0 saturated heterocycles. The average molecular weight is 906 g/mol. The lowest BCUT2D eigenvalue weighted by molar-refractivity contribution is 0.744. The summed E-state index contributed by atoms with van der Waals surface area (Å²) in [6.45, 7) is 4.29. The monoisotopic (exact) mass is 905 g/mol. The zero-order chi connectivity index (χ0) is 46.7. The highest BCUT2D eigenvalue weighted by atomic mass is 15.2. The van der Waals surface area contributed by atoms with Crippen molar-refractivity contribution in [3.8, 4) is 5.69 Å². The van der Waals surface area contributed by atoms with Crippen LogP contribution in [0.3, 0.4) is 0 Å².